The summed E-state index contributed by atoms with van der Waals surface area (Å²) < 4.78 is 2.07. The van der Waals surface area contributed by atoms with Gasteiger partial charge in [0, 0.05) is 17.2 Å². The molecule has 0 N–H and O–H groups in total. The van der Waals surface area contributed by atoms with Gasteiger partial charge in [-0.25, -0.2) is 4.98 Å². The second-order valence-electron chi connectivity index (χ2n) is 5.17. The molecule has 0 aliphatic carbocycles. The van der Waals surface area contributed by atoms with Gasteiger partial charge < -0.3 is 4.57 Å². The molecule has 0 aliphatic heterocycles. The van der Waals surface area contributed by atoms with Gasteiger partial charge in [-0.1, -0.05) is 59.6 Å². The average Bonchev–Trinajstić information content (AvgIpc) is 2.90. The Morgan fingerprint density at radius 2 is 1.73 bits per heavy atom. The van der Waals surface area contributed by atoms with Gasteiger partial charge in [-0.2, -0.15) is 11.8 Å². The molecule has 1 aromatic heterocycles. The first kappa shape index (κ1) is 15.2. The van der Waals surface area contributed by atoms with Crippen molar-refractivity contribution < 1.29 is 0 Å². The Bertz CT molecular complexity index is 736. The SMILES string of the molecule is Cc1ccc(-n2cnc(Cl)c2CSCc2ccccc2)cc1. The van der Waals surface area contributed by atoms with Crippen molar-refractivity contribution in [2.24, 2.45) is 0 Å². The second kappa shape index (κ2) is 7.03. The van der Waals surface area contributed by atoms with Crippen LogP contribution in [0.15, 0.2) is 60.9 Å². The molecule has 0 bridgehead atoms. The van der Waals surface area contributed by atoms with Crippen LogP contribution >= 0.6 is 23.4 Å². The number of hydrogen-bond acceptors (Lipinski definition) is 2. The maximum absolute atomic E-state index is 6.26. The highest BCUT2D eigenvalue weighted by atomic mass is 35.5. The van der Waals surface area contributed by atoms with E-state index in [4.69, 9.17) is 11.6 Å². The quantitative estimate of drug-likeness (QED) is 0.635. The van der Waals surface area contributed by atoms with Gasteiger partial charge >= 0.3 is 0 Å². The fourth-order valence-corrected chi connectivity index (χ4v) is 3.53. The van der Waals surface area contributed by atoms with Gasteiger partial charge in [0.1, 0.15) is 6.33 Å². The molecular weight excluding hydrogens is 312 g/mol. The highest BCUT2D eigenvalue weighted by Gasteiger charge is 2.10. The predicted molar refractivity (Wildman–Crippen MR) is 94.8 cm³/mol. The van der Waals surface area contributed by atoms with E-state index >= 15 is 0 Å². The van der Waals surface area contributed by atoms with E-state index in [1.165, 1.54) is 11.1 Å². The Kier molecular flexibility index (Phi) is 4.86. The number of hydrogen-bond donors (Lipinski definition) is 0. The molecule has 0 aliphatic rings. The van der Waals surface area contributed by atoms with Gasteiger partial charge in [0.05, 0.1) is 5.69 Å². The van der Waals surface area contributed by atoms with Gasteiger partial charge in [0.2, 0.25) is 0 Å². The molecule has 3 rings (SSSR count). The molecule has 0 saturated carbocycles. The molecule has 112 valence electrons. The number of benzene rings is 2. The highest BCUT2D eigenvalue weighted by molar-refractivity contribution is 7.97. The normalized spacial score (nSPS) is 10.8. The maximum atomic E-state index is 6.26. The molecule has 0 atom stereocenters. The van der Waals surface area contributed by atoms with E-state index in [2.05, 4.69) is 65.0 Å². The standard InChI is InChI=1S/C18H17ClN2S/c1-14-7-9-16(10-8-14)21-13-20-18(19)17(21)12-22-11-15-5-3-2-4-6-15/h2-10,13H,11-12H2,1H3. The van der Waals surface area contributed by atoms with Crippen molar-refractivity contribution in [3.63, 3.8) is 0 Å². The molecule has 0 amide bonds. The highest BCUT2D eigenvalue weighted by Crippen LogP contribution is 2.25. The zero-order valence-corrected chi connectivity index (χ0v) is 13.9. The molecule has 2 nitrogen and oxygen atoms in total. The summed E-state index contributed by atoms with van der Waals surface area (Å²) in [6.45, 7) is 2.08. The van der Waals surface area contributed by atoms with E-state index < -0.39 is 0 Å². The lowest BCUT2D eigenvalue weighted by Gasteiger charge is -2.09. The molecule has 1 heterocycles. The third kappa shape index (κ3) is 3.54. The van der Waals surface area contributed by atoms with Crippen molar-refractivity contribution in [3.8, 4) is 5.69 Å². The van der Waals surface area contributed by atoms with E-state index in [0.29, 0.717) is 5.15 Å². The lowest BCUT2D eigenvalue weighted by Crippen LogP contribution is -1.98. The number of halogens is 1. The zero-order valence-electron chi connectivity index (χ0n) is 12.4. The van der Waals surface area contributed by atoms with Gasteiger partial charge in [0.15, 0.2) is 5.15 Å². The molecule has 3 aromatic rings. The van der Waals surface area contributed by atoms with Crippen molar-refractivity contribution in [1.29, 1.82) is 0 Å². The van der Waals surface area contributed by atoms with E-state index in [0.717, 1.165) is 22.9 Å². The van der Waals surface area contributed by atoms with Gasteiger partial charge in [-0.15, -0.1) is 0 Å². The summed E-state index contributed by atoms with van der Waals surface area (Å²) in [5, 5.41) is 0.584. The summed E-state index contributed by atoms with van der Waals surface area (Å²) in [7, 11) is 0. The fourth-order valence-electron chi connectivity index (χ4n) is 2.25. The predicted octanol–water partition coefficient (Wildman–Crippen LogP) is 5.27. The van der Waals surface area contributed by atoms with Crippen LogP contribution in [0.2, 0.25) is 5.15 Å². The molecule has 2 aromatic carbocycles. The van der Waals surface area contributed by atoms with E-state index in [1.807, 2.05) is 17.8 Å². The first-order chi connectivity index (χ1) is 10.7. The minimum Gasteiger partial charge on any atom is -0.301 e. The van der Waals surface area contributed by atoms with Crippen molar-refractivity contribution >= 4 is 23.4 Å². The summed E-state index contributed by atoms with van der Waals surface area (Å²) in [4.78, 5) is 4.26. The van der Waals surface area contributed by atoms with Crippen LogP contribution in [0, 0.1) is 6.92 Å². The maximum Gasteiger partial charge on any atom is 0.151 e. The Hall–Kier alpha value is -1.71. The Morgan fingerprint density at radius 1 is 1.00 bits per heavy atom. The van der Waals surface area contributed by atoms with Crippen LogP contribution in [0.5, 0.6) is 0 Å². The van der Waals surface area contributed by atoms with E-state index in [9.17, 15) is 0 Å². The van der Waals surface area contributed by atoms with Crippen LogP contribution < -0.4 is 0 Å². The summed E-state index contributed by atoms with van der Waals surface area (Å²) in [5.74, 6) is 1.80. The minimum atomic E-state index is 0.584. The number of aromatic nitrogens is 2. The van der Waals surface area contributed by atoms with Crippen LogP contribution in [0.25, 0.3) is 5.69 Å². The van der Waals surface area contributed by atoms with Crippen molar-refractivity contribution in [2.75, 3.05) is 0 Å². The van der Waals surface area contributed by atoms with Gasteiger partial charge in [-0.05, 0) is 24.6 Å². The number of rotatable bonds is 5. The topological polar surface area (TPSA) is 17.8 Å². The van der Waals surface area contributed by atoms with E-state index in [-0.39, 0.29) is 0 Å². The molecule has 0 radical (unpaired) electrons. The Labute approximate surface area is 140 Å². The smallest absolute Gasteiger partial charge is 0.151 e. The molecule has 0 saturated heterocycles. The molecule has 0 unspecified atom stereocenters. The summed E-state index contributed by atoms with van der Waals surface area (Å²) >= 11 is 8.11. The molecular formula is C18H17ClN2S. The molecule has 4 heteroatoms. The van der Waals surface area contributed by atoms with E-state index in [1.54, 1.807) is 6.33 Å². The summed E-state index contributed by atoms with van der Waals surface area (Å²) in [5.41, 5.74) is 4.71. The summed E-state index contributed by atoms with van der Waals surface area (Å²) in [6, 6.07) is 18.9. The van der Waals surface area contributed by atoms with Crippen LogP contribution in [-0.4, -0.2) is 9.55 Å². The average molecular weight is 329 g/mol. The first-order valence-electron chi connectivity index (χ1n) is 7.14. The third-order valence-corrected chi connectivity index (χ3v) is 4.81. The number of aryl methyl sites for hydroxylation is 1. The minimum absolute atomic E-state index is 0.584. The lowest BCUT2D eigenvalue weighted by atomic mass is 10.2. The second-order valence-corrected chi connectivity index (χ2v) is 6.51. The van der Waals surface area contributed by atoms with Crippen LogP contribution in [0.4, 0.5) is 0 Å². The molecule has 0 fully saturated rings. The van der Waals surface area contributed by atoms with Crippen LogP contribution in [0.1, 0.15) is 16.8 Å². The summed E-state index contributed by atoms with van der Waals surface area (Å²) in [6.07, 6.45) is 1.80. The van der Waals surface area contributed by atoms with Crippen molar-refractivity contribution in [3.05, 3.63) is 82.9 Å². The fraction of sp³-hybridized carbons (Fsp3) is 0.167. The van der Waals surface area contributed by atoms with Gasteiger partial charge in [0.25, 0.3) is 0 Å². The van der Waals surface area contributed by atoms with Crippen LogP contribution in [-0.2, 0) is 11.5 Å². The largest absolute Gasteiger partial charge is 0.301 e. The van der Waals surface area contributed by atoms with Crippen LogP contribution in [0.3, 0.4) is 0 Å². The number of thioether (sulfide) groups is 1. The van der Waals surface area contributed by atoms with Crippen molar-refractivity contribution in [1.82, 2.24) is 9.55 Å². The van der Waals surface area contributed by atoms with Gasteiger partial charge in [-0.3, -0.25) is 0 Å². The monoisotopic (exact) mass is 328 g/mol. The zero-order chi connectivity index (χ0) is 15.4. The molecule has 0 spiro atoms. The first-order valence-corrected chi connectivity index (χ1v) is 8.68. The van der Waals surface area contributed by atoms with Crippen molar-refractivity contribution in [2.45, 2.75) is 18.4 Å². The number of imidazole rings is 1. The number of nitrogens with zero attached hydrogens (tertiary/aromatic N) is 2. The Morgan fingerprint density at radius 3 is 2.45 bits per heavy atom. The third-order valence-electron chi connectivity index (χ3n) is 3.48. The lowest BCUT2D eigenvalue weighted by molar-refractivity contribution is 0.993. The molecule has 22 heavy (non-hydrogen) atoms. The Balaban J connectivity index is 1.74.